The summed E-state index contributed by atoms with van der Waals surface area (Å²) in [5.41, 5.74) is 1.78. The van der Waals surface area contributed by atoms with Crippen molar-refractivity contribution >= 4 is 27.6 Å². The minimum atomic E-state index is -3.31. The average molecular weight is 362 g/mol. The van der Waals surface area contributed by atoms with Gasteiger partial charge in [-0.1, -0.05) is 13.8 Å². The molecule has 25 heavy (non-hydrogen) atoms. The summed E-state index contributed by atoms with van der Waals surface area (Å²) in [6.07, 6.45) is 2.07. The third-order valence-electron chi connectivity index (χ3n) is 5.14. The van der Waals surface area contributed by atoms with Gasteiger partial charge in [0.1, 0.15) is 24.4 Å². The van der Waals surface area contributed by atoms with Crippen LogP contribution in [0.1, 0.15) is 43.9 Å². The summed E-state index contributed by atoms with van der Waals surface area (Å²) >= 11 is 0. The summed E-state index contributed by atoms with van der Waals surface area (Å²) in [5, 5.41) is 10.8. The van der Waals surface area contributed by atoms with Crippen molar-refractivity contribution in [3.63, 3.8) is 0 Å². The van der Waals surface area contributed by atoms with Crippen LogP contribution in [-0.4, -0.2) is 48.9 Å². The van der Waals surface area contributed by atoms with Crippen molar-refractivity contribution in [2.75, 3.05) is 18.8 Å². The van der Waals surface area contributed by atoms with Gasteiger partial charge in [-0.2, -0.15) is 0 Å². The first-order valence-electron chi connectivity index (χ1n) is 8.51. The Bertz CT molecular complexity index is 936. The van der Waals surface area contributed by atoms with Gasteiger partial charge in [0.15, 0.2) is 21.8 Å². The van der Waals surface area contributed by atoms with Crippen LogP contribution in [0.4, 0.5) is 0 Å². The van der Waals surface area contributed by atoms with Crippen molar-refractivity contribution in [1.29, 1.82) is 0 Å². The monoisotopic (exact) mass is 362 g/mol. The number of Topliss-reactive ketones (excluding diaryl/α,β-unsaturated/α-hetero) is 1. The lowest BCUT2D eigenvalue weighted by Gasteiger charge is -2.21. The fraction of sp³-hybridized carbons (Fsp3) is 0.474. The molecule has 0 radical (unpaired) electrons. The van der Waals surface area contributed by atoms with Crippen molar-refractivity contribution in [2.24, 2.45) is 0 Å². The zero-order valence-corrected chi connectivity index (χ0v) is 15.9. The minimum Gasteiger partial charge on any atom is -0.506 e. The topological polar surface area (TPSA) is 74.5 Å². The molecule has 134 valence electrons. The molecule has 6 heteroatoms. The highest BCUT2D eigenvalue weighted by Crippen LogP contribution is 2.43. The third-order valence-corrected chi connectivity index (χ3v) is 7.26. The van der Waals surface area contributed by atoms with Crippen molar-refractivity contribution in [2.45, 2.75) is 44.4 Å². The van der Waals surface area contributed by atoms with Gasteiger partial charge < -0.3 is 5.11 Å². The van der Waals surface area contributed by atoms with Crippen LogP contribution < -0.4 is 0 Å². The molecule has 0 spiro atoms. The van der Waals surface area contributed by atoms with Crippen LogP contribution in [0, 0.1) is 6.92 Å². The molecule has 0 unspecified atom stereocenters. The number of allylic oxidation sites excluding steroid dienone is 1. The highest BCUT2D eigenvalue weighted by molar-refractivity contribution is 7.91. The number of rotatable bonds is 2. The van der Waals surface area contributed by atoms with Crippen molar-refractivity contribution < 1.29 is 22.9 Å². The van der Waals surface area contributed by atoms with E-state index in [-0.39, 0.29) is 17.3 Å². The molecular weight excluding hydrogens is 338 g/mol. The van der Waals surface area contributed by atoms with Crippen molar-refractivity contribution in [3.05, 3.63) is 34.4 Å². The quantitative estimate of drug-likeness (QED) is 0.498. The zero-order chi connectivity index (χ0) is 18.6. The van der Waals surface area contributed by atoms with E-state index in [4.69, 9.17) is 0 Å². The van der Waals surface area contributed by atoms with Crippen LogP contribution in [-0.2, 0) is 20.0 Å². The molecule has 0 atom stereocenters. The first-order valence-corrected chi connectivity index (χ1v) is 10.2. The van der Waals surface area contributed by atoms with E-state index >= 15 is 0 Å². The number of hydrogen-bond acceptors (Lipinski definition) is 4. The number of aliphatic hydroxyl groups excluding tert-OH is 1. The van der Waals surface area contributed by atoms with Gasteiger partial charge in [0, 0.05) is 11.0 Å². The number of aliphatic hydroxyl groups is 1. The second kappa shape index (κ2) is 5.80. The van der Waals surface area contributed by atoms with Gasteiger partial charge in [0.25, 0.3) is 0 Å². The van der Waals surface area contributed by atoms with Gasteiger partial charge >= 0.3 is 0 Å². The fourth-order valence-corrected chi connectivity index (χ4v) is 6.22. The number of fused-ring (bicyclic) bond motifs is 1. The molecule has 0 fully saturated rings. The van der Waals surface area contributed by atoms with E-state index in [1.165, 1.54) is 0 Å². The molecule has 1 N–H and O–H groups in total. The molecule has 5 nitrogen and oxygen atoms in total. The number of benzene rings is 1. The van der Waals surface area contributed by atoms with E-state index in [1.807, 2.05) is 32.3 Å². The molecule has 2 aliphatic heterocycles. The van der Waals surface area contributed by atoms with Crippen LogP contribution >= 0.6 is 0 Å². The molecular formula is C19H24NO4S+. The van der Waals surface area contributed by atoms with Crippen LogP contribution in [0.3, 0.4) is 0 Å². The number of hydrogen-bond donors (Lipinski definition) is 1. The average Bonchev–Trinajstić information content (AvgIpc) is 2.72. The largest absolute Gasteiger partial charge is 0.506 e. The predicted molar refractivity (Wildman–Crippen MR) is 97.2 cm³/mol. The second-order valence-electron chi connectivity index (χ2n) is 7.45. The Kier molecular flexibility index (Phi) is 4.14. The molecule has 1 aromatic carbocycles. The van der Waals surface area contributed by atoms with Crippen LogP contribution in [0.15, 0.2) is 22.6 Å². The Labute approximate surface area is 148 Å². The number of sulfone groups is 1. The summed E-state index contributed by atoms with van der Waals surface area (Å²) in [7, 11) is -3.31. The van der Waals surface area contributed by atoms with E-state index in [2.05, 4.69) is 0 Å². The first kappa shape index (κ1) is 17.9. The first-order chi connectivity index (χ1) is 11.6. The van der Waals surface area contributed by atoms with Crippen molar-refractivity contribution in [1.82, 2.24) is 0 Å². The summed E-state index contributed by atoms with van der Waals surface area (Å²) in [6.45, 7) is 9.02. The molecule has 0 amide bonds. The Morgan fingerprint density at radius 3 is 2.64 bits per heavy atom. The van der Waals surface area contributed by atoms with Gasteiger partial charge in [-0.05, 0) is 37.1 Å². The highest BCUT2D eigenvalue weighted by Gasteiger charge is 2.42. The van der Waals surface area contributed by atoms with Gasteiger partial charge in [0.05, 0.1) is 17.1 Å². The summed E-state index contributed by atoms with van der Waals surface area (Å²) < 4.78 is 26.8. The van der Waals surface area contributed by atoms with E-state index < -0.39 is 15.3 Å². The fourth-order valence-electron chi connectivity index (χ4n) is 3.96. The number of ketones is 1. The van der Waals surface area contributed by atoms with E-state index in [9.17, 15) is 18.3 Å². The highest BCUT2D eigenvalue weighted by atomic mass is 32.2. The van der Waals surface area contributed by atoms with Crippen molar-refractivity contribution in [3.8, 4) is 0 Å². The lowest BCUT2D eigenvalue weighted by Crippen LogP contribution is -2.27. The SMILES string of the molecule is CC[N+]1=CC(=C(O)c2ccc3c(c2C)C(C)(C)CS3(=O)=O)C(=O)CC1. The zero-order valence-electron chi connectivity index (χ0n) is 15.1. The van der Waals surface area contributed by atoms with Gasteiger partial charge in [-0.25, -0.2) is 13.0 Å². The second-order valence-corrected chi connectivity index (χ2v) is 9.41. The number of carbonyl (C=O) groups is 1. The molecule has 2 aliphatic rings. The van der Waals surface area contributed by atoms with Crippen LogP contribution in [0.5, 0.6) is 0 Å². The molecule has 0 aromatic heterocycles. The lowest BCUT2D eigenvalue weighted by atomic mass is 9.82. The van der Waals surface area contributed by atoms with E-state index in [1.54, 1.807) is 18.3 Å². The summed E-state index contributed by atoms with van der Waals surface area (Å²) in [4.78, 5) is 12.6. The van der Waals surface area contributed by atoms with Gasteiger partial charge in [-0.3, -0.25) is 4.79 Å². The lowest BCUT2D eigenvalue weighted by molar-refractivity contribution is -0.519. The number of nitrogens with zero attached hydrogens (tertiary/aromatic N) is 1. The Hall–Kier alpha value is -1.95. The molecule has 0 saturated heterocycles. The number of carbonyl (C=O) groups excluding carboxylic acids is 1. The Morgan fingerprint density at radius 2 is 2.00 bits per heavy atom. The third kappa shape index (κ3) is 2.82. The molecule has 1 aromatic rings. The smallest absolute Gasteiger partial charge is 0.179 e. The Morgan fingerprint density at radius 1 is 1.32 bits per heavy atom. The summed E-state index contributed by atoms with van der Waals surface area (Å²) in [6, 6.07) is 3.17. The standard InChI is InChI=1S/C19H23NO4S/c1-5-20-9-8-15(21)14(10-20)18(22)13-6-7-16-17(12(13)2)19(3,4)11-25(16,23)24/h6-7,10H,5,8-9,11H2,1-4H3/p+1. The maximum absolute atomic E-state index is 12.4. The van der Waals surface area contributed by atoms with E-state index in [0.29, 0.717) is 29.0 Å². The molecule has 3 rings (SSSR count). The van der Waals surface area contributed by atoms with Gasteiger partial charge in [0.2, 0.25) is 0 Å². The Balaban J connectivity index is 2.24. The van der Waals surface area contributed by atoms with Crippen LogP contribution in [0.25, 0.3) is 5.76 Å². The maximum Gasteiger partial charge on any atom is 0.179 e. The minimum absolute atomic E-state index is 0.0611. The molecule has 2 heterocycles. The summed E-state index contributed by atoms with van der Waals surface area (Å²) in [5.74, 6) is -0.0939. The molecule has 0 saturated carbocycles. The molecule has 0 bridgehead atoms. The predicted octanol–water partition coefficient (Wildman–Crippen LogP) is 2.41. The normalized spacial score (nSPS) is 23.2. The van der Waals surface area contributed by atoms with Gasteiger partial charge in [-0.15, -0.1) is 0 Å². The van der Waals surface area contributed by atoms with Crippen LogP contribution in [0.2, 0.25) is 0 Å². The molecule has 0 aliphatic carbocycles. The maximum atomic E-state index is 12.4. The van der Waals surface area contributed by atoms with E-state index in [0.717, 1.165) is 17.7 Å².